The number of carbonyl (C=O) groups excluding carboxylic acids is 1. The Morgan fingerprint density at radius 3 is 2.59 bits per heavy atom. The first-order valence-corrected chi connectivity index (χ1v) is 11.0. The summed E-state index contributed by atoms with van der Waals surface area (Å²) in [4.78, 5) is 15.2. The average Bonchev–Trinajstić information content (AvgIpc) is 2.80. The van der Waals surface area contributed by atoms with Crippen LogP contribution in [0.1, 0.15) is 28.7 Å². The number of ether oxygens (including phenoxy) is 2. The highest BCUT2D eigenvalue weighted by molar-refractivity contribution is 5.78. The summed E-state index contributed by atoms with van der Waals surface area (Å²) < 4.78 is 11.5. The van der Waals surface area contributed by atoms with E-state index in [2.05, 4.69) is 66.5 Å². The zero-order valence-corrected chi connectivity index (χ0v) is 18.9. The average molecular weight is 431 g/mol. The number of methoxy groups -OCH3 is 1. The molecule has 166 valence electrons. The van der Waals surface area contributed by atoms with Crippen molar-refractivity contribution < 1.29 is 14.3 Å². The molecule has 3 aromatic carbocycles. The molecule has 0 bridgehead atoms. The van der Waals surface area contributed by atoms with Crippen molar-refractivity contribution in [3.05, 3.63) is 89.0 Å². The van der Waals surface area contributed by atoms with Gasteiger partial charge in [-0.2, -0.15) is 0 Å². The predicted molar refractivity (Wildman–Crippen MR) is 127 cm³/mol. The van der Waals surface area contributed by atoms with Crippen molar-refractivity contribution in [1.29, 1.82) is 0 Å². The zero-order chi connectivity index (χ0) is 22.5. The summed E-state index contributed by atoms with van der Waals surface area (Å²) in [6.07, 6.45) is 0.355. The first-order valence-electron chi connectivity index (χ1n) is 11.0. The molecule has 1 atom stereocenters. The van der Waals surface area contributed by atoms with Crippen LogP contribution in [0.5, 0.6) is 11.5 Å². The summed E-state index contributed by atoms with van der Waals surface area (Å²) >= 11 is 0. The molecule has 0 unspecified atom stereocenters. The van der Waals surface area contributed by atoms with E-state index in [1.54, 1.807) is 7.11 Å². The van der Waals surface area contributed by atoms with Crippen molar-refractivity contribution in [3.8, 4) is 11.5 Å². The van der Waals surface area contributed by atoms with E-state index in [0.717, 1.165) is 34.9 Å². The normalized spacial score (nSPS) is 15.0. The van der Waals surface area contributed by atoms with Gasteiger partial charge in [-0.25, -0.2) is 0 Å². The Bertz CT molecular complexity index is 1080. The summed E-state index contributed by atoms with van der Waals surface area (Å²) in [5.41, 5.74) is 5.60. The third-order valence-electron chi connectivity index (χ3n) is 5.86. The Hall–Kier alpha value is -3.47. The number of para-hydroxylation sites is 1. The Balaban J connectivity index is 1.49. The number of carbonyl (C=O) groups is 1. The Labute approximate surface area is 190 Å². The van der Waals surface area contributed by atoms with Crippen LogP contribution in [0.15, 0.2) is 66.7 Å². The minimum absolute atomic E-state index is 0.00558. The number of fused-ring (bicyclic) bond motifs is 1. The van der Waals surface area contributed by atoms with Gasteiger partial charge >= 0.3 is 0 Å². The van der Waals surface area contributed by atoms with Gasteiger partial charge in [0, 0.05) is 18.7 Å². The maximum absolute atomic E-state index is 12.9. The fourth-order valence-electron chi connectivity index (χ4n) is 4.05. The Morgan fingerprint density at radius 1 is 1.06 bits per heavy atom. The number of benzene rings is 3. The van der Waals surface area contributed by atoms with E-state index in [1.807, 2.05) is 24.3 Å². The number of nitrogens with zero attached hydrogens (tertiary/aromatic N) is 1. The molecule has 4 rings (SSSR count). The van der Waals surface area contributed by atoms with E-state index < -0.39 is 0 Å². The first-order chi connectivity index (χ1) is 15.5. The van der Waals surface area contributed by atoms with Crippen LogP contribution in [0, 0.1) is 13.8 Å². The number of nitrogens with one attached hydrogen (secondary N) is 1. The van der Waals surface area contributed by atoms with Gasteiger partial charge in [0.1, 0.15) is 18.1 Å². The topological polar surface area (TPSA) is 50.8 Å². The molecule has 0 fully saturated rings. The van der Waals surface area contributed by atoms with Crippen LogP contribution in [0.25, 0.3) is 0 Å². The van der Waals surface area contributed by atoms with Crippen molar-refractivity contribution >= 4 is 11.6 Å². The molecule has 1 N–H and O–H groups in total. The van der Waals surface area contributed by atoms with Crippen LogP contribution in [-0.4, -0.2) is 25.7 Å². The fourth-order valence-corrected chi connectivity index (χ4v) is 4.05. The molecule has 0 aromatic heterocycles. The number of amides is 1. The van der Waals surface area contributed by atoms with E-state index in [1.165, 1.54) is 11.1 Å². The second-order valence-electron chi connectivity index (χ2n) is 8.34. The predicted octanol–water partition coefficient (Wildman–Crippen LogP) is 4.79. The summed E-state index contributed by atoms with van der Waals surface area (Å²) in [6, 6.07) is 22.5. The fraction of sp³-hybridized carbons (Fsp3) is 0.296. The molecular formula is C27H30N2O3. The second-order valence-corrected chi connectivity index (χ2v) is 8.34. The third-order valence-corrected chi connectivity index (χ3v) is 5.86. The van der Waals surface area contributed by atoms with Crippen molar-refractivity contribution in [3.63, 3.8) is 0 Å². The van der Waals surface area contributed by atoms with Gasteiger partial charge < -0.3 is 19.7 Å². The van der Waals surface area contributed by atoms with Gasteiger partial charge in [-0.3, -0.25) is 4.79 Å². The number of hydrogen-bond donors (Lipinski definition) is 1. The maximum Gasteiger partial charge on any atom is 0.222 e. The smallest absolute Gasteiger partial charge is 0.222 e. The minimum atomic E-state index is -0.0517. The van der Waals surface area contributed by atoms with Crippen molar-refractivity contribution in [1.82, 2.24) is 5.32 Å². The van der Waals surface area contributed by atoms with E-state index >= 15 is 0 Å². The van der Waals surface area contributed by atoms with Crippen LogP contribution >= 0.6 is 0 Å². The molecule has 0 saturated heterocycles. The lowest BCUT2D eigenvalue weighted by molar-refractivity contribution is -0.121. The molecule has 1 amide bonds. The SMILES string of the molecule is COc1ccccc1CNC(=O)C[C@H]1COc2cc(C)ccc2N1Cc1ccc(C)cc1. The van der Waals surface area contributed by atoms with Crippen LogP contribution in [0.4, 0.5) is 5.69 Å². The van der Waals surface area contributed by atoms with Crippen molar-refractivity contribution in [2.24, 2.45) is 0 Å². The molecule has 5 heteroatoms. The van der Waals surface area contributed by atoms with Crippen LogP contribution in [0.3, 0.4) is 0 Å². The minimum Gasteiger partial charge on any atom is -0.496 e. The lowest BCUT2D eigenvalue weighted by Crippen LogP contribution is -2.45. The Morgan fingerprint density at radius 2 is 1.81 bits per heavy atom. The molecule has 0 spiro atoms. The number of aryl methyl sites for hydroxylation is 2. The molecule has 1 aliphatic heterocycles. The zero-order valence-electron chi connectivity index (χ0n) is 18.9. The molecule has 32 heavy (non-hydrogen) atoms. The highest BCUT2D eigenvalue weighted by Gasteiger charge is 2.29. The molecule has 1 aliphatic rings. The highest BCUT2D eigenvalue weighted by atomic mass is 16.5. The summed E-state index contributed by atoms with van der Waals surface area (Å²) in [5.74, 6) is 1.65. The van der Waals surface area contributed by atoms with Gasteiger partial charge in [-0.15, -0.1) is 0 Å². The lowest BCUT2D eigenvalue weighted by Gasteiger charge is -2.38. The number of anilines is 1. The van der Waals surface area contributed by atoms with Crippen LogP contribution in [0.2, 0.25) is 0 Å². The molecule has 3 aromatic rings. The highest BCUT2D eigenvalue weighted by Crippen LogP contribution is 2.36. The standard InChI is InChI=1S/C27H30N2O3/c1-19-8-11-21(12-9-19)17-29-23(18-32-26-14-20(2)10-13-24(26)29)15-27(30)28-16-22-6-4-5-7-25(22)31-3/h4-14,23H,15-18H2,1-3H3,(H,28,30)/t23-/m0/s1. The van der Waals surface area contributed by atoms with Gasteiger partial charge in [0.15, 0.2) is 0 Å². The van der Waals surface area contributed by atoms with Crippen LogP contribution < -0.4 is 19.7 Å². The molecular weight excluding hydrogens is 400 g/mol. The first kappa shape index (κ1) is 21.8. The monoisotopic (exact) mass is 430 g/mol. The Kier molecular flexibility index (Phi) is 6.64. The second kappa shape index (κ2) is 9.77. The summed E-state index contributed by atoms with van der Waals surface area (Å²) in [5, 5.41) is 3.04. The van der Waals surface area contributed by atoms with Crippen molar-refractivity contribution in [2.45, 2.75) is 39.4 Å². The van der Waals surface area contributed by atoms with Gasteiger partial charge in [0.05, 0.1) is 25.3 Å². The number of hydrogen-bond acceptors (Lipinski definition) is 4. The van der Waals surface area contributed by atoms with Gasteiger partial charge in [-0.1, -0.05) is 54.1 Å². The van der Waals surface area contributed by atoms with Gasteiger partial charge in [0.25, 0.3) is 0 Å². The summed E-state index contributed by atoms with van der Waals surface area (Å²) in [7, 11) is 1.64. The largest absolute Gasteiger partial charge is 0.496 e. The molecule has 5 nitrogen and oxygen atoms in total. The van der Waals surface area contributed by atoms with Crippen LogP contribution in [-0.2, 0) is 17.9 Å². The quantitative estimate of drug-likeness (QED) is 0.586. The molecule has 0 aliphatic carbocycles. The lowest BCUT2D eigenvalue weighted by atomic mass is 10.0. The maximum atomic E-state index is 12.9. The van der Waals surface area contributed by atoms with Crippen molar-refractivity contribution in [2.75, 3.05) is 18.6 Å². The van der Waals surface area contributed by atoms with E-state index in [9.17, 15) is 4.79 Å². The van der Waals surface area contributed by atoms with E-state index in [4.69, 9.17) is 9.47 Å². The molecule has 0 saturated carbocycles. The van der Waals surface area contributed by atoms with Gasteiger partial charge in [0.2, 0.25) is 5.91 Å². The molecule has 0 radical (unpaired) electrons. The van der Waals surface area contributed by atoms with E-state index in [0.29, 0.717) is 19.6 Å². The molecule has 1 heterocycles. The van der Waals surface area contributed by atoms with E-state index in [-0.39, 0.29) is 11.9 Å². The third kappa shape index (κ3) is 5.05. The number of rotatable bonds is 7. The van der Waals surface area contributed by atoms with Gasteiger partial charge in [-0.05, 0) is 43.2 Å². The summed E-state index contributed by atoms with van der Waals surface area (Å²) in [6.45, 7) is 5.79.